The molecule has 1 aliphatic heterocycles. The average molecular weight is 455 g/mol. The van der Waals surface area contributed by atoms with Crippen molar-refractivity contribution in [1.82, 2.24) is 0 Å². The number of hydrogen-bond acceptors (Lipinski definition) is 4. The summed E-state index contributed by atoms with van der Waals surface area (Å²) in [5, 5.41) is 0. The highest BCUT2D eigenvalue weighted by Gasteiger charge is 2.38. The zero-order valence-electron chi connectivity index (χ0n) is 10.5. The van der Waals surface area contributed by atoms with Crippen molar-refractivity contribution >= 4 is 56.5 Å². The Kier molecular flexibility index (Phi) is 4.19. The summed E-state index contributed by atoms with van der Waals surface area (Å²) in [4.78, 5) is 23.6. The largest absolute Gasteiger partial charge is 0.419 e. The molecule has 1 aromatic rings. The van der Waals surface area contributed by atoms with Gasteiger partial charge >= 0.3 is 11.9 Å². The third-order valence-corrected chi connectivity index (χ3v) is 4.19. The molecule has 1 fully saturated rings. The van der Waals surface area contributed by atoms with E-state index in [0.717, 1.165) is 0 Å². The van der Waals surface area contributed by atoms with Crippen molar-refractivity contribution in [2.45, 2.75) is 19.6 Å². The van der Waals surface area contributed by atoms with Gasteiger partial charge in [0.15, 0.2) is 5.82 Å². The van der Waals surface area contributed by atoms with E-state index >= 15 is 0 Å². The fourth-order valence-corrected chi connectivity index (χ4v) is 2.91. The van der Waals surface area contributed by atoms with Crippen LogP contribution in [-0.2, 0) is 19.1 Å². The molecule has 0 aliphatic carbocycles. The number of esters is 2. The van der Waals surface area contributed by atoms with E-state index in [1.807, 2.05) is 0 Å². The molecule has 1 aliphatic rings. The smallest absolute Gasteiger partial charge is 0.348 e. The molecule has 106 valence electrons. The summed E-state index contributed by atoms with van der Waals surface area (Å²) in [5.41, 5.74) is 0.138. The van der Waals surface area contributed by atoms with Gasteiger partial charge in [0.05, 0.1) is 8.04 Å². The molecule has 0 atom stereocenters. The first-order valence-corrected chi connectivity index (χ1v) is 7.40. The lowest BCUT2D eigenvalue weighted by Crippen LogP contribution is -2.41. The third kappa shape index (κ3) is 3.03. The van der Waals surface area contributed by atoms with Gasteiger partial charge in [-0.1, -0.05) is 6.07 Å². The highest BCUT2D eigenvalue weighted by molar-refractivity contribution is 14.1. The predicted octanol–water partition coefficient (Wildman–Crippen LogP) is 3.41. The highest BCUT2D eigenvalue weighted by atomic mass is 127. The minimum Gasteiger partial charge on any atom is -0.419 e. The number of rotatable bonds is 1. The number of halogens is 3. The number of carbonyl (C=O) groups is 2. The molecule has 2 rings (SSSR count). The molecule has 1 saturated heterocycles. The second-order valence-corrected chi connectivity index (χ2v) is 6.43. The van der Waals surface area contributed by atoms with Crippen LogP contribution in [0.25, 0.3) is 6.08 Å². The first-order valence-electron chi connectivity index (χ1n) is 5.53. The van der Waals surface area contributed by atoms with Crippen LogP contribution in [0, 0.1) is 9.39 Å². The van der Waals surface area contributed by atoms with Crippen molar-refractivity contribution in [2.24, 2.45) is 0 Å². The third-order valence-electron chi connectivity index (χ3n) is 2.48. The predicted molar refractivity (Wildman–Crippen MR) is 81.1 cm³/mol. The minimum absolute atomic E-state index is 0.260. The molecule has 7 heteroatoms. The summed E-state index contributed by atoms with van der Waals surface area (Å²) >= 11 is 4.85. The second kappa shape index (κ2) is 5.44. The van der Waals surface area contributed by atoms with Crippen LogP contribution in [0.4, 0.5) is 4.39 Å². The monoisotopic (exact) mass is 454 g/mol. The second-order valence-electron chi connectivity index (χ2n) is 4.50. The van der Waals surface area contributed by atoms with Gasteiger partial charge in [0.1, 0.15) is 5.57 Å². The fraction of sp³-hybridized carbons (Fsp3) is 0.231. The molecule has 0 spiro atoms. The summed E-state index contributed by atoms with van der Waals surface area (Å²) in [5.74, 6) is -3.32. The zero-order chi connectivity index (χ0) is 15.1. The normalized spacial score (nSPS) is 17.6. The fourth-order valence-electron chi connectivity index (χ4n) is 1.59. The van der Waals surface area contributed by atoms with Crippen LogP contribution in [0.3, 0.4) is 0 Å². The van der Waals surface area contributed by atoms with E-state index in [0.29, 0.717) is 10.0 Å². The standard InChI is InChI=1S/C13H9BrFIO4/c1-13(2)19-11(17)7(12(18)20-13)5-6-3-4-8(14)9(15)10(6)16/h3-5H,1-2H3. The van der Waals surface area contributed by atoms with E-state index in [4.69, 9.17) is 9.47 Å². The number of hydrogen-bond donors (Lipinski definition) is 0. The first-order chi connectivity index (χ1) is 9.21. The van der Waals surface area contributed by atoms with E-state index in [-0.39, 0.29) is 9.14 Å². The molecular formula is C13H9BrFIO4. The zero-order valence-corrected chi connectivity index (χ0v) is 14.2. The summed E-state index contributed by atoms with van der Waals surface area (Å²) in [6, 6.07) is 3.08. The van der Waals surface area contributed by atoms with Crippen LogP contribution in [0.5, 0.6) is 0 Å². The van der Waals surface area contributed by atoms with Crippen molar-refractivity contribution < 1.29 is 23.5 Å². The van der Waals surface area contributed by atoms with Crippen LogP contribution in [0.1, 0.15) is 19.4 Å². The molecule has 1 aromatic carbocycles. The Bertz CT molecular complexity index is 618. The molecule has 0 aromatic heterocycles. The lowest BCUT2D eigenvalue weighted by Gasteiger charge is -2.29. The average Bonchev–Trinajstić information content (AvgIpc) is 2.32. The first kappa shape index (κ1) is 15.4. The molecule has 0 amide bonds. The van der Waals surface area contributed by atoms with Crippen LogP contribution in [0.15, 0.2) is 22.2 Å². The van der Waals surface area contributed by atoms with Gasteiger partial charge in [-0.25, -0.2) is 14.0 Å². The Morgan fingerprint density at radius 3 is 2.35 bits per heavy atom. The maximum Gasteiger partial charge on any atom is 0.348 e. The number of ether oxygens (including phenoxy) is 2. The van der Waals surface area contributed by atoms with Gasteiger partial charge in [-0.3, -0.25) is 0 Å². The summed E-state index contributed by atoms with van der Waals surface area (Å²) in [6.07, 6.45) is 1.26. The van der Waals surface area contributed by atoms with Crippen LogP contribution < -0.4 is 0 Å². The summed E-state index contributed by atoms with van der Waals surface area (Å²) in [6.45, 7) is 2.92. The van der Waals surface area contributed by atoms with E-state index < -0.39 is 23.5 Å². The number of carbonyl (C=O) groups excluding carboxylic acids is 2. The summed E-state index contributed by atoms with van der Waals surface area (Å²) in [7, 11) is 0. The highest BCUT2D eigenvalue weighted by Crippen LogP contribution is 2.28. The Morgan fingerprint density at radius 1 is 1.25 bits per heavy atom. The quantitative estimate of drug-likeness (QED) is 0.214. The molecule has 1 heterocycles. The lowest BCUT2D eigenvalue weighted by atomic mass is 10.1. The molecule has 0 unspecified atom stereocenters. The van der Waals surface area contributed by atoms with Gasteiger partial charge in [-0.05, 0) is 56.2 Å². The van der Waals surface area contributed by atoms with Crippen LogP contribution in [0.2, 0.25) is 0 Å². The maximum absolute atomic E-state index is 13.7. The molecule has 0 saturated carbocycles. The number of benzene rings is 1. The lowest BCUT2D eigenvalue weighted by molar-refractivity contribution is -0.222. The topological polar surface area (TPSA) is 52.6 Å². The van der Waals surface area contributed by atoms with Crippen LogP contribution in [-0.4, -0.2) is 17.7 Å². The van der Waals surface area contributed by atoms with Gasteiger partial charge in [0, 0.05) is 13.8 Å². The number of cyclic esters (lactones) is 2. The van der Waals surface area contributed by atoms with E-state index in [1.54, 1.807) is 28.7 Å². The van der Waals surface area contributed by atoms with Gasteiger partial charge in [-0.2, -0.15) is 0 Å². The molecular weight excluding hydrogens is 446 g/mol. The Balaban J connectivity index is 2.44. The Hall–Kier alpha value is -0.960. The van der Waals surface area contributed by atoms with E-state index in [1.165, 1.54) is 26.0 Å². The van der Waals surface area contributed by atoms with Crippen molar-refractivity contribution in [3.05, 3.63) is 37.1 Å². The summed E-state index contributed by atoms with van der Waals surface area (Å²) < 4.78 is 24.3. The van der Waals surface area contributed by atoms with E-state index in [2.05, 4.69) is 15.9 Å². The van der Waals surface area contributed by atoms with E-state index in [9.17, 15) is 14.0 Å². The SMILES string of the molecule is CC1(C)OC(=O)C(=Cc2ccc(Br)c(F)c2I)C(=O)O1. The Labute approximate surface area is 136 Å². The van der Waals surface area contributed by atoms with Gasteiger partial charge in [0.25, 0.3) is 5.79 Å². The van der Waals surface area contributed by atoms with Crippen molar-refractivity contribution in [2.75, 3.05) is 0 Å². The molecule has 0 radical (unpaired) electrons. The van der Waals surface area contributed by atoms with Crippen molar-refractivity contribution in [3.63, 3.8) is 0 Å². The van der Waals surface area contributed by atoms with Crippen molar-refractivity contribution in [1.29, 1.82) is 0 Å². The van der Waals surface area contributed by atoms with Crippen molar-refractivity contribution in [3.8, 4) is 0 Å². The van der Waals surface area contributed by atoms with Gasteiger partial charge in [0.2, 0.25) is 0 Å². The maximum atomic E-state index is 13.7. The molecule has 0 bridgehead atoms. The molecule has 4 nitrogen and oxygen atoms in total. The Morgan fingerprint density at radius 2 is 1.80 bits per heavy atom. The minimum atomic E-state index is -1.29. The molecule has 0 N–H and O–H groups in total. The van der Waals surface area contributed by atoms with Gasteiger partial charge < -0.3 is 9.47 Å². The molecule has 20 heavy (non-hydrogen) atoms. The van der Waals surface area contributed by atoms with Gasteiger partial charge in [-0.15, -0.1) is 0 Å². The van der Waals surface area contributed by atoms with Crippen LogP contribution >= 0.6 is 38.5 Å².